The molecule has 0 spiro atoms. The van der Waals surface area contributed by atoms with E-state index < -0.39 is 18.1 Å². The summed E-state index contributed by atoms with van der Waals surface area (Å²) in [7, 11) is 0. The van der Waals surface area contributed by atoms with E-state index >= 15 is 0 Å². The van der Waals surface area contributed by atoms with Crippen molar-refractivity contribution in [2.75, 3.05) is 26.4 Å². The lowest BCUT2D eigenvalue weighted by Crippen LogP contribution is -2.06. The van der Waals surface area contributed by atoms with E-state index in [1.54, 1.807) is 12.1 Å². The van der Waals surface area contributed by atoms with E-state index in [0.717, 1.165) is 0 Å². The van der Waals surface area contributed by atoms with Crippen molar-refractivity contribution in [3.05, 3.63) is 82.9 Å². The fourth-order valence-corrected chi connectivity index (χ4v) is 3.44. The third kappa shape index (κ3) is 7.05. The molecule has 0 aromatic heterocycles. The van der Waals surface area contributed by atoms with Crippen LogP contribution in [0, 0.1) is 11.6 Å². The number of ether oxygens (including phenoxy) is 6. The normalized spacial score (nSPS) is 18.0. The second kappa shape index (κ2) is 11.3. The number of hydrogen-bond donors (Lipinski definition) is 0. The first-order valence-electron chi connectivity index (χ1n) is 11.7. The molecule has 0 saturated carbocycles. The summed E-state index contributed by atoms with van der Waals surface area (Å²) in [5, 5.41) is 0. The van der Waals surface area contributed by atoms with Crippen molar-refractivity contribution in [3.63, 3.8) is 0 Å². The average Bonchev–Trinajstić information content (AvgIpc) is 3.81. The van der Waals surface area contributed by atoms with E-state index in [4.69, 9.17) is 28.4 Å². The largest absolute Gasteiger partial charge is 0.489 e. The maximum absolute atomic E-state index is 14.3. The van der Waals surface area contributed by atoms with Gasteiger partial charge in [0.15, 0.2) is 23.1 Å². The highest BCUT2D eigenvalue weighted by atomic mass is 19.3. The van der Waals surface area contributed by atoms with Gasteiger partial charge in [-0.15, -0.1) is 0 Å². The van der Waals surface area contributed by atoms with Gasteiger partial charge in [0.2, 0.25) is 0 Å². The molecule has 6 nitrogen and oxygen atoms in total. The van der Waals surface area contributed by atoms with Gasteiger partial charge in [-0.1, -0.05) is 12.1 Å². The second-order valence-corrected chi connectivity index (χ2v) is 8.64. The SMILES string of the molecule is Fc1cc(COc2ccc(OCc3ccc(OCC4CO4)c(F)c3)c(C(F)F)c2)ccc1OCC1CO1. The molecule has 0 aliphatic carbocycles. The fraction of sp³-hybridized carbons (Fsp3) is 0.333. The van der Waals surface area contributed by atoms with Gasteiger partial charge in [0.25, 0.3) is 6.43 Å². The summed E-state index contributed by atoms with van der Waals surface area (Å²) >= 11 is 0. The Balaban J connectivity index is 1.17. The zero-order valence-electron chi connectivity index (χ0n) is 19.6. The van der Waals surface area contributed by atoms with Crippen molar-refractivity contribution in [1.29, 1.82) is 0 Å². The highest BCUT2D eigenvalue weighted by Gasteiger charge is 2.24. The monoisotopic (exact) mass is 520 g/mol. The van der Waals surface area contributed by atoms with Crippen LogP contribution >= 0.6 is 0 Å². The second-order valence-electron chi connectivity index (χ2n) is 8.64. The number of benzene rings is 3. The summed E-state index contributed by atoms with van der Waals surface area (Å²) in [5.41, 5.74) is 0.581. The van der Waals surface area contributed by atoms with E-state index in [-0.39, 0.29) is 67.2 Å². The number of rotatable bonds is 13. The van der Waals surface area contributed by atoms with Gasteiger partial charge in [0.1, 0.15) is 50.1 Å². The molecule has 37 heavy (non-hydrogen) atoms. The standard InChI is InChI=1S/C27H24F4O6/c28-22-7-16(1-4-25(22)36-14-19-12-33-19)10-32-18-3-6-24(21(9-18)27(30)31)35-11-17-2-5-26(23(29)8-17)37-15-20-13-34-20/h1-9,19-20,27H,10-15H2. The Kier molecular flexibility index (Phi) is 7.66. The molecule has 5 rings (SSSR count). The van der Waals surface area contributed by atoms with Gasteiger partial charge in [-0.05, 0) is 53.6 Å². The highest BCUT2D eigenvalue weighted by molar-refractivity contribution is 5.41. The first kappa shape index (κ1) is 25.2. The quantitative estimate of drug-likeness (QED) is 0.216. The molecule has 2 fully saturated rings. The Labute approximate surface area is 210 Å². The van der Waals surface area contributed by atoms with E-state index in [2.05, 4.69) is 0 Å². The summed E-state index contributed by atoms with van der Waals surface area (Å²) in [6.45, 7) is 1.60. The van der Waals surface area contributed by atoms with Crippen LogP contribution in [0.25, 0.3) is 0 Å². The summed E-state index contributed by atoms with van der Waals surface area (Å²) in [6, 6.07) is 12.7. The molecule has 3 aromatic rings. The molecule has 2 unspecified atom stereocenters. The van der Waals surface area contributed by atoms with Crippen LogP contribution in [0.2, 0.25) is 0 Å². The molecule has 2 heterocycles. The average molecular weight is 520 g/mol. The Hall–Kier alpha value is -3.50. The maximum atomic E-state index is 14.3. The van der Waals surface area contributed by atoms with Crippen molar-refractivity contribution < 1.29 is 46.0 Å². The Morgan fingerprint density at radius 3 is 1.68 bits per heavy atom. The molecule has 0 radical (unpaired) electrons. The minimum absolute atomic E-state index is 0.00374. The molecule has 2 aliphatic rings. The molecule has 0 amide bonds. The van der Waals surface area contributed by atoms with Crippen LogP contribution in [0.5, 0.6) is 23.0 Å². The lowest BCUT2D eigenvalue weighted by molar-refractivity contribution is 0.143. The van der Waals surface area contributed by atoms with Crippen molar-refractivity contribution in [1.82, 2.24) is 0 Å². The summed E-state index contributed by atoms with van der Waals surface area (Å²) in [6.07, 6.45) is -2.83. The molecule has 2 atom stereocenters. The van der Waals surface area contributed by atoms with Gasteiger partial charge >= 0.3 is 0 Å². The Morgan fingerprint density at radius 2 is 1.19 bits per heavy atom. The molecule has 2 saturated heterocycles. The summed E-state index contributed by atoms with van der Waals surface area (Å²) in [4.78, 5) is 0. The zero-order valence-corrected chi connectivity index (χ0v) is 19.6. The molecule has 2 aliphatic heterocycles. The van der Waals surface area contributed by atoms with Crippen molar-refractivity contribution in [2.45, 2.75) is 31.8 Å². The molecular formula is C27H24F4O6. The first-order valence-corrected chi connectivity index (χ1v) is 11.7. The zero-order chi connectivity index (χ0) is 25.8. The molecule has 10 heteroatoms. The van der Waals surface area contributed by atoms with Crippen LogP contribution in [0.3, 0.4) is 0 Å². The van der Waals surface area contributed by atoms with Crippen LogP contribution in [0.1, 0.15) is 23.1 Å². The smallest absolute Gasteiger partial charge is 0.267 e. The van der Waals surface area contributed by atoms with Gasteiger partial charge in [-0.3, -0.25) is 0 Å². The minimum Gasteiger partial charge on any atom is -0.489 e. The molecular weight excluding hydrogens is 496 g/mol. The van der Waals surface area contributed by atoms with E-state index in [1.807, 2.05) is 0 Å². The summed E-state index contributed by atoms with van der Waals surface area (Å²) in [5.74, 6) is -0.818. The van der Waals surface area contributed by atoms with Crippen LogP contribution in [-0.4, -0.2) is 38.6 Å². The van der Waals surface area contributed by atoms with Gasteiger partial charge in [-0.25, -0.2) is 17.6 Å². The maximum Gasteiger partial charge on any atom is 0.267 e. The van der Waals surface area contributed by atoms with Gasteiger partial charge in [0, 0.05) is 0 Å². The summed E-state index contributed by atoms with van der Waals surface area (Å²) < 4.78 is 87.8. The lowest BCUT2D eigenvalue weighted by Gasteiger charge is -2.14. The Morgan fingerprint density at radius 1 is 0.676 bits per heavy atom. The number of epoxide rings is 2. The molecule has 3 aromatic carbocycles. The van der Waals surface area contributed by atoms with E-state index in [9.17, 15) is 17.6 Å². The van der Waals surface area contributed by atoms with Crippen molar-refractivity contribution in [3.8, 4) is 23.0 Å². The van der Waals surface area contributed by atoms with Crippen LogP contribution in [-0.2, 0) is 22.7 Å². The first-order chi connectivity index (χ1) is 17.9. The Bertz CT molecular complexity index is 1230. The van der Waals surface area contributed by atoms with Gasteiger partial charge < -0.3 is 28.4 Å². The van der Waals surface area contributed by atoms with Crippen LogP contribution in [0.4, 0.5) is 17.6 Å². The molecule has 196 valence electrons. The molecule has 0 N–H and O–H groups in total. The lowest BCUT2D eigenvalue weighted by atomic mass is 10.2. The van der Waals surface area contributed by atoms with E-state index in [0.29, 0.717) is 24.3 Å². The molecule has 0 bridgehead atoms. The fourth-order valence-electron chi connectivity index (χ4n) is 3.44. The van der Waals surface area contributed by atoms with Gasteiger partial charge in [0.05, 0.1) is 18.8 Å². The van der Waals surface area contributed by atoms with Crippen molar-refractivity contribution >= 4 is 0 Å². The number of alkyl halides is 2. The van der Waals surface area contributed by atoms with Crippen LogP contribution < -0.4 is 18.9 Å². The van der Waals surface area contributed by atoms with Gasteiger partial charge in [-0.2, -0.15) is 0 Å². The minimum atomic E-state index is -2.83. The number of halogens is 4. The predicted octanol–water partition coefficient (Wildman–Crippen LogP) is 5.62. The third-order valence-corrected chi connectivity index (χ3v) is 5.66. The highest BCUT2D eigenvalue weighted by Crippen LogP contribution is 2.34. The predicted molar refractivity (Wildman–Crippen MR) is 123 cm³/mol. The van der Waals surface area contributed by atoms with E-state index in [1.165, 1.54) is 42.5 Å². The topological polar surface area (TPSA) is 62.0 Å². The number of hydrogen-bond acceptors (Lipinski definition) is 6. The third-order valence-electron chi connectivity index (χ3n) is 5.66. The van der Waals surface area contributed by atoms with Crippen molar-refractivity contribution in [2.24, 2.45) is 0 Å². The van der Waals surface area contributed by atoms with Crippen LogP contribution in [0.15, 0.2) is 54.6 Å².